The van der Waals surface area contributed by atoms with Crippen molar-refractivity contribution in [2.75, 3.05) is 0 Å². The van der Waals surface area contributed by atoms with Crippen LogP contribution >= 0.6 is 15.9 Å². The van der Waals surface area contributed by atoms with Crippen LogP contribution in [0.3, 0.4) is 0 Å². The standard InChI is InChI=1S/C24H15Br/c25-20-12-10-17-14-19(9-8-18(17)15-20)22-6-3-7-23-21-5-2-1-4-16(21)11-13-24(22)23/h1-15H. The van der Waals surface area contributed by atoms with E-state index in [4.69, 9.17) is 0 Å². The summed E-state index contributed by atoms with van der Waals surface area (Å²) in [5, 5.41) is 7.73. The molecule has 25 heavy (non-hydrogen) atoms. The third-order valence-corrected chi connectivity index (χ3v) is 5.39. The van der Waals surface area contributed by atoms with Crippen LogP contribution in [0.5, 0.6) is 0 Å². The highest BCUT2D eigenvalue weighted by Crippen LogP contribution is 2.34. The van der Waals surface area contributed by atoms with E-state index < -0.39 is 0 Å². The van der Waals surface area contributed by atoms with Gasteiger partial charge in [0.25, 0.3) is 0 Å². The Balaban J connectivity index is 1.80. The second kappa shape index (κ2) is 5.72. The molecule has 0 nitrogen and oxygen atoms in total. The number of benzene rings is 5. The maximum atomic E-state index is 3.55. The van der Waals surface area contributed by atoms with Gasteiger partial charge in [-0.2, -0.15) is 0 Å². The van der Waals surface area contributed by atoms with Gasteiger partial charge in [0.05, 0.1) is 0 Å². The maximum absolute atomic E-state index is 3.55. The zero-order chi connectivity index (χ0) is 16.8. The summed E-state index contributed by atoms with van der Waals surface area (Å²) < 4.78 is 1.12. The molecule has 0 aromatic heterocycles. The number of hydrogen-bond acceptors (Lipinski definition) is 0. The summed E-state index contributed by atoms with van der Waals surface area (Å²) in [5.74, 6) is 0. The van der Waals surface area contributed by atoms with E-state index in [1.165, 1.54) is 43.4 Å². The van der Waals surface area contributed by atoms with E-state index >= 15 is 0 Å². The fourth-order valence-corrected chi connectivity index (χ4v) is 4.06. The summed E-state index contributed by atoms with van der Waals surface area (Å²) in [4.78, 5) is 0. The largest absolute Gasteiger partial charge is 0.0616 e. The minimum Gasteiger partial charge on any atom is -0.0616 e. The summed E-state index contributed by atoms with van der Waals surface area (Å²) in [7, 11) is 0. The van der Waals surface area contributed by atoms with Crippen LogP contribution in [0, 0.1) is 0 Å². The van der Waals surface area contributed by atoms with Crippen LogP contribution in [0.4, 0.5) is 0 Å². The van der Waals surface area contributed by atoms with Gasteiger partial charge in [-0.05, 0) is 61.6 Å². The number of hydrogen-bond donors (Lipinski definition) is 0. The SMILES string of the molecule is Brc1ccc2cc(-c3cccc4c3ccc3ccccc34)ccc2c1. The average Bonchev–Trinajstić information content (AvgIpc) is 2.67. The number of fused-ring (bicyclic) bond motifs is 4. The van der Waals surface area contributed by atoms with Gasteiger partial charge >= 0.3 is 0 Å². The summed E-state index contributed by atoms with van der Waals surface area (Å²) in [6, 6.07) is 32.8. The first-order chi connectivity index (χ1) is 12.3. The van der Waals surface area contributed by atoms with E-state index in [0.29, 0.717) is 0 Å². The minimum atomic E-state index is 1.12. The third kappa shape index (κ3) is 2.43. The summed E-state index contributed by atoms with van der Waals surface area (Å²) >= 11 is 3.55. The molecule has 0 unspecified atom stereocenters. The Morgan fingerprint density at radius 1 is 0.480 bits per heavy atom. The monoisotopic (exact) mass is 382 g/mol. The van der Waals surface area contributed by atoms with Gasteiger partial charge in [-0.15, -0.1) is 0 Å². The van der Waals surface area contributed by atoms with Gasteiger partial charge in [0.1, 0.15) is 0 Å². The van der Waals surface area contributed by atoms with E-state index in [1.807, 2.05) is 0 Å². The Hall–Kier alpha value is -2.64. The second-order valence-electron chi connectivity index (χ2n) is 6.39. The lowest BCUT2D eigenvalue weighted by atomic mass is 9.94. The maximum Gasteiger partial charge on any atom is 0.0181 e. The molecule has 118 valence electrons. The Kier molecular flexibility index (Phi) is 3.36. The Labute approximate surface area is 154 Å². The molecule has 0 spiro atoms. The molecule has 0 heterocycles. The van der Waals surface area contributed by atoms with Crippen molar-refractivity contribution in [2.45, 2.75) is 0 Å². The van der Waals surface area contributed by atoms with Crippen molar-refractivity contribution in [2.24, 2.45) is 0 Å². The van der Waals surface area contributed by atoms with Crippen LogP contribution < -0.4 is 0 Å². The zero-order valence-corrected chi connectivity index (χ0v) is 15.1. The first kappa shape index (κ1) is 14.7. The van der Waals surface area contributed by atoms with Crippen LogP contribution in [0.2, 0.25) is 0 Å². The fraction of sp³-hybridized carbons (Fsp3) is 0. The van der Waals surface area contributed by atoms with Crippen molar-refractivity contribution in [3.63, 3.8) is 0 Å². The molecule has 0 bridgehead atoms. The lowest BCUT2D eigenvalue weighted by molar-refractivity contribution is 1.67. The predicted molar refractivity (Wildman–Crippen MR) is 112 cm³/mol. The summed E-state index contributed by atoms with van der Waals surface area (Å²) in [5.41, 5.74) is 2.55. The smallest absolute Gasteiger partial charge is 0.0181 e. The average molecular weight is 383 g/mol. The van der Waals surface area contributed by atoms with Crippen molar-refractivity contribution in [3.8, 4) is 11.1 Å². The van der Waals surface area contributed by atoms with Gasteiger partial charge < -0.3 is 0 Å². The molecule has 0 saturated heterocycles. The molecule has 0 saturated carbocycles. The number of halogens is 1. The number of rotatable bonds is 1. The van der Waals surface area contributed by atoms with Crippen LogP contribution in [-0.2, 0) is 0 Å². The molecule has 1 heteroatoms. The molecular weight excluding hydrogens is 368 g/mol. The molecule has 5 rings (SSSR count). The lowest BCUT2D eigenvalue weighted by Crippen LogP contribution is -1.84. The van der Waals surface area contributed by atoms with Crippen LogP contribution in [0.15, 0.2) is 95.5 Å². The van der Waals surface area contributed by atoms with Gasteiger partial charge in [0.2, 0.25) is 0 Å². The molecular formula is C24H15Br. The fourth-order valence-electron chi connectivity index (χ4n) is 3.68. The zero-order valence-electron chi connectivity index (χ0n) is 13.5. The van der Waals surface area contributed by atoms with Crippen molar-refractivity contribution < 1.29 is 0 Å². The molecule has 0 atom stereocenters. The normalized spacial score (nSPS) is 11.4. The van der Waals surface area contributed by atoms with Crippen molar-refractivity contribution >= 4 is 48.2 Å². The summed E-state index contributed by atoms with van der Waals surface area (Å²) in [6.07, 6.45) is 0. The lowest BCUT2D eigenvalue weighted by Gasteiger charge is -2.10. The molecule has 0 aliphatic rings. The highest BCUT2D eigenvalue weighted by Gasteiger charge is 2.07. The summed E-state index contributed by atoms with van der Waals surface area (Å²) in [6.45, 7) is 0. The van der Waals surface area contributed by atoms with Crippen molar-refractivity contribution in [3.05, 3.63) is 95.5 Å². The van der Waals surface area contributed by atoms with E-state index in [9.17, 15) is 0 Å². The highest BCUT2D eigenvalue weighted by molar-refractivity contribution is 9.10. The quantitative estimate of drug-likeness (QED) is 0.262. The van der Waals surface area contributed by atoms with Crippen LogP contribution in [-0.4, -0.2) is 0 Å². The minimum absolute atomic E-state index is 1.12. The third-order valence-electron chi connectivity index (χ3n) is 4.90. The Morgan fingerprint density at radius 2 is 1.24 bits per heavy atom. The van der Waals surface area contributed by atoms with Crippen molar-refractivity contribution in [1.29, 1.82) is 0 Å². The van der Waals surface area contributed by atoms with E-state index in [1.54, 1.807) is 0 Å². The van der Waals surface area contributed by atoms with Crippen LogP contribution in [0.1, 0.15) is 0 Å². The van der Waals surface area contributed by atoms with Crippen molar-refractivity contribution in [1.82, 2.24) is 0 Å². The Bertz CT molecular complexity index is 1250. The van der Waals surface area contributed by atoms with Gasteiger partial charge in [-0.25, -0.2) is 0 Å². The molecule has 0 radical (unpaired) electrons. The molecule has 5 aromatic carbocycles. The molecule has 5 aromatic rings. The molecule has 0 amide bonds. The molecule has 0 aliphatic carbocycles. The van der Waals surface area contributed by atoms with Gasteiger partial charge in [0.15, 0.2) is 0 Å². The van der Waals surface area contributed by atoms with E-state index in [2.05, 4.69) is 107 Å². The van der Waals surface area contributed by atoms with E-state index in [-0.39, 0.29) is 0 Å². The molecule has 0 aliphatic heterocycles. The van der Waals surface area contributed by atoms with Gasteiger partial charge in [-0.3, -0.25) is 0 Å². The van der Waals surface area contributed by atoms with E-state index in [0.717, 1.165) is 4.47 Å². The van der Waals surface area contributed by atoms with Gasteiger partial charge in [0, 0.05) is 4.47 Å². The topological polar surface area (TPSA) is 0 Å². The molecule has 0 N–H and O–H groups in total. The molecule has 0 fully saturated rings. The van der Waals surface area contributed by atoms with Gasteiger partial charge in [-0.1, -0.05) is 88.7 Å². The first-order valence-corrected chi connectivity index (χ1v) is 9.19. The van der Waals surface area contributed by atoms with Crippen LogP contribution in [0.25, 0.3) is 43.4 Å². The highest BCUT2D eigenvalue weighted by atomic mass is 79.9. The predicted octanol–water partition coefficient (Wildman–Crippen LogP) is 7.58. The Morgan fingerprint density at radius 3 is 2.20 bits per heavy atom. The first-order valence-electron chi connectivity index (χ1n) is 8.40. The second-order valence-corrected chi connectivity index (χ2v) is 7.31.